The first-order valence-electron chi connectivity index (χ1n) is 10.1. The fourth-order valence-electron chi connectivity index (χ4n) is 4.50. The second kappa shape index (κ2) is 8.21. The van der Waals surface area contributed by atoms with E-state index in [1.807, 2.05) is 49.4 Å². The van der Waals surface area contributed by atoms with Crippen LogP contribution in [0.2, 0.25) is 0 Å². The van der Waals surface area contributed by atoms with Crippen LogP contribution in [-0.4, -0.2) is 58.7 Å². The molecule has 0 unspecified atom stereocenters. The van der Waals surface area contributed by atoms with Crippen molar-refractivity contribution in [1.29, 1.82) is 0 Å². The van der Waals surface area contributed by atoms with E-state index in [9.17, 15) is 14.7 Å². The normalized spacial score (nSPS) is 22.3. The Labute approximate surface area is 170 Å². The molecule has 2 aromatic rings. The Morgan fingerprint density at radius 2 is 2.00 bits per heavy atom. The van der Waals surface area contributed by atoms with Crippen LogP contribution in [0.1, 0.15) is 30.5 Å². The second-order valence-electron chi connectivity index (χ2n) is 7.54. The molecule has 0 bridgehead atoms. The van der Waals surface area contributed by atoms with Gasteiger partial charge >= 0.3 is 6.03 Å². The van der Waals surface area contributed by atoms with Gasteiger partial charge in [-0.1, -0.05) is 31.2 Å². The van der Waals surface area contributed by atoms with Gasteiger partial charge in [0.05, 0.1) is 25.1 Å². The number of pyridine rings is 1. The lowest BCUT2D eigenvalue weighted by Crippen LogP contribution is -2.71. The second-order valence-corrected chi connectivity index (χ2v) is 7.54. The summed E-state index contributed by atoms with van der Waals surface area (Å²) >= 11 is 0. The van der Waals surface area contributed by atoms with Gasteiger partial charge in [0.15, 0.2) is 0 Å². The largest absolute Gasteiger partial charge is 0.394 e. The van der Waals surface area contributed by atoms with Crippen LogP contribution in [0.25, 0.3) is 0 Å². The van der Waals surface area contributed by atoms with Gasteiger partial charge in [-0.15, -0.1) is 0 Å². The fourth-order valence-corrected chi connectivity index (χ4v) is 4.50. The Morgan fingerprint density at radius 1 is 1.21 bits per heavy atom. The molecule has 3 amide bonds. The predicted molar refractivity (Wildman–Crippen MR) is 110 cm³/mol. The lowest BCUT2D eigenvalue weighted by atomic mass is 9.71. The van der Waals surface area contributed by atoms with Crippen LogP contribution in [0.4, 0.5) is 10.5 Å². The van der Waals surface area contributed by atoms with Crippen molar-refractivity contribution < 1.29 is 14.7 Å². The van der Waals surface area contributed by atoms with Crippen molar-refractivity contribution in [2.24, 2.45) is 0 Å². The average molecular weight is 394 g/mol. The number of hydrogen-bond donors (Lipinski definition) is 2. The molecule has 7 heteroatoms. The van der Waals surface area contributed by atoms with Crippen LogP contribution >= 0.6 is 0 Å². The molecule has 2 aliphatic rings. The number of fused-ring (bicyclic) bond motifs is 3. The van der Waals surface area contributed by atoms with Crippen LogP contribution in [-0.2, 0) is 11.2 Å². The summed E-state index contributed by atoms with van der Waals surface area (Å²) in [5.74, 6) is -0.0450. The summed E-state index contributed by atoms with van der Waals surface area (Å²) in [4.78, 5) is 33.5. The van der Waals surface area contributed by atoms with Crippen LogP contribution in [0.15, 0.2) is 48.7 Å². The van der Waals surface area contributed by atoms with E-state index in [1.165, 1.54) is 0 Å². The highest BCUT2D eigenvalue weighted by Gasteiger charge is 2.55. The van der Waals surface area contributed by atoms with Gasteiger partial charge in [-0.25, -0.2) is 4.79 Å². The topological polar surface area (TPSA) is 85.8 Å². The van der Waals surface area contributed by atoms with Gasteiger partial charge in [-0.2, -0.15) is 0 Å². The van der Waals surface area contributed by atoms with Crippen LogP contribution in [0.5, 0.6) is 0 Å². The summed E-state index contributed by atoms with van der Waals surface area (Å²) < 4.78 is 0. The molecule has 3 atom stereocenters. The number of rotatable bonds is 5. The smallest absolute Gasteiger partial charge is 0.321 e. The minimum atomic E-state index is -0.279. The third-order valence-corrected chi connectivity index (χ3v) is 5.80. The third-order valence-electron chi connectivity index (χ3n) is 5.80. The van der Waals surface area contributed by atoms with Crippen molar-refractivity contribution >= 4 is 17.6 Å². The summed E-state index contributed by atoms with van der Waals surface area (Å²) in [6.45, 7) is 2.93. The monoisotopic (exact) mass is 394 g/mol. The highest BCUT2D eigenvalue weighted by molar-refractivity contribution is 5.94. The predicted octanol–water partition coefficient (Wildman–Crippen LogP) is 1.92. The first-order valence-corrected chi connectivity index (χ1v) is 10.1. The molecule has 0 saturated carbocycles. The van der Waals surface area contributed by atoms with E-state index in [2.05, 4.69) is 10.3 Å². The van der Waals surface area contributed by atoms with Crippen LogP contribution in [0.3, 0.4) is 0 Å². The molecule has 4 rings (SSSR count). The molecule has 29 heavy (non-hydrogen) atoms. The lowest BCUT2D eigenvalue weighted by molar-refractivity contribution is -0.149. The Kier molecular flexibility index (Phi) is 5.49. The van der Waals surface area contributed by atoms with E-state index in [0.717, 1.165) is 17.7 Å². The van der Waals surface area contributed by atoms with Crippen molar-refractivity contribution in [2.75, 3.05) is 24.6 Å². The van der Waals surface area contributed by atoms with E-state index in [4.69, 9.17) is 0 Å². The van der Waals surface area contributed by atoms with E-state index in [0.29, 0.717) is 18.8 Å². The van der Waals surface area contributed by atoms with Crippen molar-refractivity contribution in [3.05, 3.63) is 59.9 Å². The van der Waals surface area contributed by atoms with Gasteiger partial charge in [-0.3, -0.25) is 14.7 Å². The fraction of sp³-hybridized carbons (Fsp3) is 0.409. The number of amides is 3. The molecule has 0 spiro atoms. The highest BCUT2D eigenvalue weighted by Crippen LogP contribution is 2.48. The standard InChI is InChI=1S/C22H26N4O3/c1-2-10-24-22(29)25-13-18-21(16-8-3-4-9-17(16)25)19(14-27)26(18)20(28)12-15-7-5-6-11-23-15/h3-9,11,18-19,21,27H,2,10,12-14H2,1H3,(H,24,29)/t18-,19-,21+/m0/s1. The average Bonchev–Trinajstić information content (AvgIpc) is 2.73. The minimum absolute atomic E-state index is 0.0270. The third kappa shape index (κ3) is 3.46. The van der Waals surface area contributed by atoms with E-state index >= 15 is 0 Å². The number of aromatic nitrogens is 1. The number of nitrogens with zero attached hydrogens (tertiary/aromatic N) is 3. The number of carbonyl (C=O) groups excluding carboxylic acids is 2. The van der Waals surface area contributed by atoms with Gasteiger partial charge in [0.1, 0.15) is 0 Å². The summed E-state index contributed by atoms with van der Waals surface area (Å²) in [7, 11) is 0. The Hall–Kier alpha value is -2.93. The molecule has 1 saturated heterocycles. The number of likely N-dealkylation sites (tertiary alicyclic amines) is 1. The van der Waals surface area contributed by atoms with Gasteiger partial charge in [0, 0.05) is 36.6 Å². The Balaban J connectivity index is 1.61. The quantitative estimate of drug-likeness (QED) is 0.811. The zero-order valence-corrected chi connectivity index (χ0v) is 16.5. The maximum Gasteiger partial charge on any atom is 0.321 e. The Bertz CT molecular complexity index is 889. The number of hydrogen-bond acceptors (Lipinski definition) is 4. The molecule has 1 aromatic heterocycles. The molecule has 2 N–H and O–H groups in total. The maximum absolute atomic E-state index is 13.0. The molecule has 152 valence electrons. The summed E-state index contributed by atoms with van der Waals surface area (Å²) in [6, 6.07) is 12.7. The zero-order chi connectivity index (χ0) is 20.4. The summed E-state index contributed by atoms with van der Waals surface area (Å²) in [5, 5.41) is 13.0. The SMILES string of the molecule is CCCNC(=O)N1C[C@H]2[C@@H](c3ccccc31)[C@H](CO)N2C(=O)Cc1ccccn1. The molecule has 1 aromatic carbocycles. The molecule has 3 heterocycles. The molecular weight excluding hydrogens is 368 g/mol. The highest BCUT2D eigenvalue weighted by atomic mass is 16.3. The number of aliphatic hydroxyl groups is 1. The first-order chi connectivity index (χ1) is 14.2. The number of aliphatic hydroxyl groups excluding tert-OH is 1. The molecular formula is C22H26N4O3. The minimum Gasteiger partial charge on any atom is -0.394 e. The van der Waals surface area contributed by atoms with Gasteiger partial charge in [0.2, 0.25) is 5.91 Å². The number of carbonyl (C=O) groups is 2. The van der Waals surface area contributed by atoms with Gasteiger partial charge in [0.25, 0.3) is 0 Å². The number of nitrogens with one attached hydrogen (secondary N) is 1. The van der Waals surface area contributed by atoms with E-state index < -0.39 is 0 Å². The van der Waals surface area contributed by atoms with Crippen molar-refractivity contribution in [3.8, 4) is 0 Å². The molecule has 1 fully saturated rings. The summed E-state index contributed by atoms with van der Waals surface area (Å²) in [5.41, 5.74) is 2.57. The molecule has 2 aliphatic heterocycles. The lowest BCUT2D eigenvalue weighted by Gasteiger charge is -2.58. The number of benzene rings is 1. The molecule has 0 aliphatic carbocycles. The summed E-state index contributed by atoms with van der Waals surface area (Å²) in [6.07, 6.45) is 2.71. The number of urea groups is 1. The maximum atomic E-state index is 13.0. The van der Waals surface area contributed by atoms with Crippen molar-refractivity contribution in [1.82, 2.24) is 15.2 Å². The van der Waals surface area contributed by atoms with Crippen LogP contribution in [0, 0.1) is 0 Å². The molecule has 0 radical (unpaired) electrons. The molecule has 7 nitrogen and oxygen atoms in total. The zero-order valence-electron chi connectivity index (χ0n) is 16.5. The van der Waals surface area contributed by atoms with Crippen LogP contribution < -0.4 is 10.2 Å². The Morgan fingerprint density at radius 3 is 2.72 bits per heavy atom. The van der Waals surface area contributed by atoms with E-state index in [1.54, 1.807) is 16.0 Å². The first kappa shape index (κ1) is 19.4. The van der Waals surface area contributed by atoms with E-state index in [-0.39, 0.29) is 43.0 Å². The van der Waals surface area contributed by atoms with Gasteiger partial charge in [-0.05, 0) is 30.2 Å². The van der Waals surface area contributed by atoms with Gasteiger partial charge < -0.3 is 15.3 Å². The number of anilines is 1. The number of para-hydroxylation sites is 1. The van der Waals surface area contributed by atoms with Crippen molar-refractivity contribution in [2.45, 2.75) is 37.8 Å². The van der Waals surface area contributed by atoms with Crippen molar-refractivity contribution in [3.63, 3.8) is 0 Å².